The van der Waals surface area contributed by atoms with Crippen molar-refractivity contribution in [1.82, 2.24) is 5.32 Å². The van der Waals surface area contributed by atoms with E-state index in [4.69, 9.17) is 20.6 Å². The summed E-state index contributed by atoms with van der Waals surface area (Å²) < 4.78 is 15.6. The van der Waals surface area contributed by atoms with Crippen LogP contribution in [0, 0.1) is 12.3 Å². The topological polar surface area (TPSA) is 56.8 Å². The minimum atomic E-state index is -0.305. The Hall–Kier alpha value is -2.35. The number of carbonyl (C=O) groups excluding carboxylic acids is 1. The summed E-state index contributed by atoms with van der Waals surface area (Å²) in [5.41, 5.74) is 0. The van der Waals surface area contributed by atoms with Crippen LogP contribution < -0.4 is 19.5 Å². The molecule has 0 saturated heterocycles. The Balaban J connectivity index is 2.71. The van der Waals surface area contributed by atoms with E-state index >= 15 is 0 Å². The quantitative estimate of drug-likeness (QED) is 0.759. The summed E-state index contributed by atoms with van der Waals surface area (Å²) >= 11 is 0. The summed E-state index contributed by atoms with van der Waals surface area (Å²) in [4.78, 5) is 11.4. The number of para-hydroxylation sites is 1. The van der Waals surface area contributed by atoms with Gasteiger partial charge in [-0.05, 0) is 12.1 Å². The molecule has 96 valence electrons. The number of terminal acetylenes is 1. The van der Waals surface area contributed by atoms with Gasteiger partial charge in [-0.1, -0.05) is 12.0 Å². The summed E-state index contributed by atoms with van der Waals surface area (Å²) in [5.74, 6) is 3.39. The molecular weight excluding hydrogens is 234 g/mol. The highest BCUT2D eigenvalue weighted by molar-refractivity contribution is 5.78. The summed E-state index contributed by atoms with van der Waals surface area (Å²) in [5, 5.41) is 2.50. The number of ether oxygens (including phenoxy) is 3. The van der Waals surface area contributed by atoms with Crippen LogP contribution >= 0.6 is 0 Å². The fourth-order valence-electron chi connectivity index (χ4n) is 1.30. The lowest BCUT2D eigenvalue weighted by Crippen LogP contribution is -2.29. The highest BCUT2D eigenvalue weighted by atomic mass is 16.5. The molecule has 1 N–H and O–H groups in total. The predicted molar refractivity (Wildman–Crippen MR) is 66.9 cm³/mol. The maximum Gasteiger partial charge on any atom is 0.258 e. The number of nitrogens with one attached hydrogen (secondary N) is 1. The van der Waals surface area contributed by atoms with E-state index in [1.54, 1.807) is 18.2 Å². The van der Waals surface area contributed by atoms with Crippen molar-refractivity contribution in [3.63, 3.8) is 0 Å². The Bertz CT molecular complexity index is 429. The van der Waals surface area contributed by atoms with Gasteiger partial charge in [0, 0.05) is 0 Å². The van der Waals surface area contributed by atoms with Crippen molar-refractivity contribution in [2.24, 2.45) is 0 Å². The Morgan fingerprint density at radius 3 is 2.44 bits per heavy atom. The van der Waals surface area contributed by atoms with Crippen LogP contribution in [0.25, 0.3) is 0 Å². The van der Waals surface area contributed by atoms with E-state index in [0.29, 0.717) is 17.2 Å². The zero-order valence-corrected chi connectivity index (χ0v) is 10.4. The predicted octanol–water partition coefficient (Wildman–Crippen LogP) is 0.832. The van der Waals surface area contributed by atoms with Crippen molar-refractivity contribution in [3.05, 3.63) is 18.2 Å². The second-order valence-electron chi connectivity index (χ2n) is 3.26. The van der Waals surface area contributed by atoms with Gasteiger partial charge in [-0.25, -0.2) is 0 Å². The monoisotopic (exact) mass is 249 g/mol. The summed E-state index contributed by atoms with van der Waals surface area (Å²) in [6, 6.07) is 5.21. The number of benzene rings is 1. The lowest BCUT2D eigenvalue weighted by Gasteiger charge is -2.13. The molecule has 1 aromatic carbocycles. The molecule has 0 radical (unpaired) electrons. The molecule has 1 rings (SSSR count). The second-order valence-corrected chi connectivity index (χ2v) is 3.26. The molecule has 0 fully saturated rings. The third-order valence-corrected chi connectivity index (χ3v) is 2.12. The normalized spacial score (nSPS) is 9.17. The van der Waals surface area contributed by atoms with Crippen molar-refractivity contribution in [2.45, 2.75) is 0 Å². The third-order valence-electron chi connectivity index (χ3n) is 2.12. The lowest BCUT2D eigenvalue weighted by atomic mass is 10.3. The van der Waals surface area contributed by atoms with Gasteiger partial charge in [-0.15, -0.1) is 6.42 Å². The van der Waals surface area contributed by atoms with E-state index in [2.05, 4.69) is 11.2 Å². The molecule has 0 aliphatic heterocycles. The fraction of sp³-hybridized carbons (Fsp3) is 0.308. The van der Waals surface area contributed by atoms with E-state index in [1.807, 2.05) is 0 Å². The molecule has 0 unspecified atom stereocenters. The smallest absolute Gasteiger partial charge is 0.258 e. The highest BCUT2D eigenvalue weighted by Gasteiger charge is 2.12. The van der Waals surface area contributed by atoms with Crippen molar-refractivity contribution >= 4 is 5.91 Å². The molecule has 5 heteroatoms. The number of methoxy groups -OCH3 is 2. The molecule has 0 aromatic heterocycles. The Labute approximate surface area is 106 Å². The number of amides is 1. The molecule has 5 nitrogen and oxygen atoms in total. The molecule has 18 heavy (non-hydrogen) atoms. The summed E-state index contributed by atoms with van der Waals surface area (Å²) in [6.07, 6.45) is 5.03. The van der Waals surface area contributed by atoms with Crippen molar-refractivity contribution in [2.75, 3.05) is 27.4 Å². The molecule has 0 bridgehead atoms. The van der Waals surface area contributed by atoms with Gasteiger partial charge < -0.3 is 19.5 Å². The molecule has 0 atom stereocenters. The zero-order valence-electron chi connectivity index (χ0n) is 10.4. The number of rotatable bonds is 6. The number of hydrogen-bond donors (Lipinski definition) is 1. The van der Waals surface area contributed by atoms with Crippen LogP contribution in [0.5, 0.6) is 17.2 Å². The van der Waals surface area contributed by atoms with Crippen LogP contribution in [-0.4, -0.2) is 33.3 Å². The third kappa shape index (κ3) is 3.59. The van der Waals surface area contributed by atoms with Gasteiger partial charge in [0.1, 0.15) is 0 Å². The van der Waals surface area contributed by atoms with Crippen molar-refractivity contribution in [1.29, 1.82) is 0 Å². The Kier molecular flexibility index (Phi) is 5.39. The standard InChI is InChI=1S/C13H15NO4/c1-4-8-14-12(15)9-18-13-10(16-2)6-5-7-11(13)17-3/h1,5-7H,8-9H2,2-3H3,(H,14,15). The Morgan fingerprint density at radius 1 is 1.33 bits per heavy atom. The van der Waals surface area contributed by atoms with Gasteiger partial charge in [0.2, 0.25) is 5.75 Å². The molecule has 0 saturated carbocycles. The Morgan fingerprint density at radius 2 is 1.94 bits per heavy atom. The van der Waals surface area contributed by atoms with E-state index < -0.39 is 0 Å². The van der Waals surface area contributed by atoms with E-state index in [9.17, 15) is 4.79 Å². The van der Waals surface area contributed by atoms with Crippen molar-refractivity contribution in [3.8, 4) is 29.6 Å². The van der Waals surface area contributed by atoms with Gasteiger partial charge in [0.25, 0.3) is 5.91 Å². The SMILES string of the molecule is C#CCNC(=O)COc1c(OC)cccc1OC. The molecule has 1 amide bonds. The second kappa shape index (κ2) is 7.07. The number of hydrogen-bond acceptors (Lipinski definition) is 4. The first kappa shape index (κ1) is 13.7. The molecule has 1 aromatic rings. The minimum absolute atomic E-state index is 0.154. The van der Waals surface area contributed by atoms with E-state index in [1.165, 1.54) is 14.2 Å². The van der Waals surface area contributed by atoms with Crippen LogP contribution in [0.4, 0.5) is 0 Å². The molecule has 0 spiro atoms. The van der Waals surface area contributed by atoms with Crippen molar-refractivity contribution < 1.29 is 19.0 Å². The first-order valence-electron chi connectivity index (χ1n) is 5.27. The fourth-order valence-corrected chi connectivity index (χ4v) is 1.30. The first-order chi connectivity index (χ1) is 8.72. The van der Waals surface area contributed by atoms with Gasteiger partial charge in [0.05, 0.1) is 20.8 Å². The maximum absolute atomic E-state index is 11.4. The summed E-state index contributed by atoms with van der Waals surface area (Å²) in [6.45, 7) is 0.0175. The molecular formula is C13H15NO4. The average Bonchev–Trinajstić information content (AvgIpc) is 2.42. The molecule has 0 heterocycles. The van der Waals surface area contributed by atoms with E-state index in [0.717, 1.165) is 0 Å². The van der Waals surface area contributed by atoms with Gasteiger partial charge in [-0.2, -0.15) is 0 Å². The number of carbonyl (C=O) groups is 1. The zero-order chi connectivity index (χ0) is 13.4. The van der Waals surface area contributed by atoms with Crippen LogP contribution in [0.2, 0.25) is 0 Å². The molecule has 0 aliphatic carbocycles. The van der Waals surface area contributed by atoms with Crippen LogP contribution in [0.3, 0.4) is 0 Å². The van der Waals surface area contributed by atoms with Gasteiger partial charge in [0.15, 0.2) is 18.1 Å². The van der Waals surface area contributed by atoms with Gasteiger partial charge >= 0.3 is 0 Å². The first-order valence-corrected chi connectivity index (χ1v) is 5.27. The van der Waals surface area contributed by atoms with Gasteiger partial charge in [-0.3, -0.25) is 4.79 Å². The van der Waals surface area contributed by atoms with E-state index in [-0.39, 0.29) is 19.1 Å². The van der Waals surface area contributed by atoms with Crippen LogP contribution in [0.1, 0.15) is 0 Å². The summed E-state index contributed by atoms with van der Waals surface area (Å²) in [7, 11) is 3.03. The minimum Gasteiger partial charge on any atom is -0.493 e. The highest BCUT2D eigenvalue weighted by Crippen LogP contribution is 2.36. The molecule has 0 aliphatic rings. The maximum atomic E-state index is 11.4. The van der Waals surface area contributed by atoms with Crippen LogP contribution in [0.15, 0.2) is 18.2 Å². The van der Waals surface area contributed by atoms with Crippen LogP contribution in [-0.2, 0) is 4.79 Å². The average molecular weight is 249 g/mol. The largest absolute Gasteiger partial charge is 0.493 e. The lowest BCUT2D eigenvalue weighted by molar-refractivity contribution is -0.122.